The van der Waals surface area contributed by atoms with Crippen LogP contribution in [-0.2, 0) is 0 Å². The van der Waals surface area contributed by atoms with Crippen molar-refractivity contribution in [2.24, 2.45) is 0 Å². The van der Waals surface area contributed by atoms with Crippen molar-refractivity contribution in [2.75, 3.05) is 0 Å². The van der Waals surface area contributed by atoms with E-state index in [0.717, 1.165) is 15.7 Å². The molecule has 0 aliphatic carbocycles. The molecule has 2 aromatic rings. The van der Waals surface area contributed by atoms with E-state index < -0.39 is 0 Å². The van der Waals surface area contributed by atoms with Gasteiger partial charge in [-0.1, -0.05) is 32.3 Å². The Bertz CT molecular complexity index is 516. The van der Waals surface area contributed by atoms with Crippen LogP contribution >= 0.6 is 28.1 Å². The average molecular weight is 271 g/mol. The Morgan fingerprint density at radius 2 is 2.29 bits per heavy atom. The van der Waals surface area contributed by atoms with E-state index in [2.05, 4.69) is 31.5 Å². The van der Waals surface area contributed by atoms with Crippen molar-refractivity contribution in [3.8, 4) is 5.69 Å². The van der Waals surface area contributed by atoms with Crippen LogP contribution in [0.4, 0.5) is 0 Å². The Labute approximate surface area is 94.1 Å². The molecule has 1 aromatic heterocycles. The lowest BCUT2D eigenvalue weighted by atomic mass is 10.2. The SMILES string of the molecule is Cc1ccc(Br)cc1-n1[nH]nnc1=S. The predicted molar refractivity (Wildman–Crippen MR) is 59.0 cm³/mol. The third-order valence-electron chi connectivity index (χ3n) is 1.88. The molecule has 4 nitrogen and oxygen atoms in total. The van der Waals surface area contributed by atoms with E-state index in [1.54, 1.807) is 4.68 Å². The highest BCUT2D eigenvalue weighted by Crippen LogP contribution is 2.18. The van der Waals surface area contributed by atoms with Crippen molar-refractivity contribution in [3.63, 3.8) is 0 Å². The number of H-pyrrole nitrogens is 1. The van der Waals surface area contributed by atoms with Crippen LogP contribution in [0.5, 0.6) is 0 Å². The number of hydrogen-bond donors (Lipinski definition) is 1. The highest BCUT2D eigenvalue weighted by Gasteiger charge is 2.03. The summed E-state index contributed by atoms with van der Waals surface area (Å²) in [4.78, 5) is 0. The maximum atomic E-state index is 5.01. The van der Waals surface area contributed by atoms with Crippen molar-refractivity contribution >= 4 is 28.1 Å². The van der Waals surface area contributed by atoms with Crippen LogP contribution < -0.4 is 0 Å². The number of nitrogens with one attached hydrogen (secondary N) is 1. The van der Waals surface area contributed by atoms with E-state index in [-0.39, 0.29) is 0 Å². The summed E-state index contributed by atoms with van der Waals surface area (Å²) in [6.45, 7) is 2.00. The summed E-state index contributed by atoms with van der Waals surface area (Å²) in [7, 11) is 0. The van der Waals surface area contributed by atoms with Gasteiger partial charge in [0.25, 0.3) is 0 Å². The van der Waals surface area contributed by atoms with Crippen molar-refractivity contribution in [2.45, 2.75) is 6.92 Å². The maximum absolute atomic E-state index is 5.01. The van der Waals surface area contributed by atoms with E-state index in [9.17, 15) is 0 Å². The standard InChI is InChI=1S/C8H7BrN4S/c1-5-2-3-6(9)4-7(5)13-8(14)10-11-12-13/h2-4H,1H3,(H,10,12,14). The largest absolute Gasteiger partial charge is 0.242 e. The molecule has 0 unspecified atom stereocenters. The second kappa shape index (κ2) is 3.62. The Morgan fingerprint density at radius 1 is 1.50 bits per heavy atom. The van der Waals surface area contributed by atoms with E-state index in [4.69, 9.17) is 12.2 Å². The highest BCUT2D eigenvalue weighted by atomic mass is 79.9. The fraction of sp³-hybridized carbons (Fsp3) is 0.125. The summed E-state index contributed by atoms with van der Waals surface area (Å²) in [6, 6.07) is 5.94. The first-order chi connectivity index (χ1) is 6.68. The van der Waals surface area contributed by atoms with Gasteiger partial charge in [-0.2, -0.15) is 5.21 Å². The second-order valence-electron chi connectivity index (χ2n) is 2.85. The van der Waals surface area contributed by atoms with Crippen molar-refractivity contribution in [3.05, 3.63) is 33.0 Å². The summed E-state index contributed by atoms with van der Waals surface area (Å²) in [5, 5.41) is 10.1. The molecule has 2 rings (SSSR count). The van der Waals surface area contributed by atoms with Crippen molar-refractivity contribution in [1.82, 2.24) is 20.2 Å². The number of aromatic nitrogens is 4. The number of aryl methyl sites for hydroxylation is 1. The monoisotopic (exact) mass is 270 g/mol. The van der Waals surface area contributed by atoms with Gasteiger partial charge in [0.1, 0.15) is 0 Å². The molecule has 72 valence electrons. The number of nitrogens with zero attached hydrogens (tertiary/aromatic N) is 3. The first kappa shape index (κ1) is 9.54. The topological polar surface area (TPSA) is 46.5 Å². The Balaban J connectivity index is 2.68. The molecule has 0 saturated heterocycles. The van der Waals surface area contributed by atoms with E-state index >= 15 is 0 Å². The lowest BCUT2D eigenvalue weighted by Crippen LogP contribution is -1.99. The lowest BCUT2D eigenvalue weighted by Gasteiger charge is -2.05. The number of halogens is 1. The zero-order valence-electron chi connectivity index (χ0n) is 7.36. The Kier molecular flexibility index (Phi) is 2.47. The molecule has 0 radical (unpaired) electrons. The minimum atomic E-state index is 0.422. The lowest BCUT2D eigenvalue weighted by molar-refractivity contribution is 0.781. The van der Waals surface area contributed by atoms with Crippen LogP contribution in [0.25, 0.3) is 5.69 Å². The predicted octanol–water partition coefficient (Wildman–Crippen LogP) is 2.40. The second-order valence-corrected chi connectivity index (χ2v) is 4.13. The van der Waals surface area contributed by atoms with E-state index in [1.807, 2.05) is 25.1 Å². The number of tetrazole rings is 1. The summed E-state index contributed by atoms with van der Waals surface area (Å²) in [5.41, 5.74) is 2.06. The molecule has 0 aliphatic rings. The minimum absolute atomic E-state index is 0.422. The van der Waals surface area contributed by atoms with Gasteiger partial charge in [0.15, 0.2) is 0 Å². The first-order valence-electron chi connectivity index (χ1n) is 3.95. The first-order valence-corrected chi connectivity index (χ1v) is 5.15. The van der Waals surface area contributed by atoms with E-state index in [1.165, 1.54) is 0 Å². The summed E-state index contributed by atoms with van der Waals surface area (Å²) in [6.07, 6.45) is 0. The van der Waals surface area contributed by atoms with Crippen LogP contribution in [-0.4, -0.2) is 20.2 Å². The van der Waals surface area contributed by atoms with Gasteiger partial charge in [0.05, 0.1) is 5.69 Å². The molecule has 0 spiro atoms. The van der Waals surface area contributed by atoms with Crippen LogP contribution in [0.3, 0.4) is 0 Å². The molecule has 0 atom stereocenters. The maximum Gasteiger partial charge on any atom is 0.242 e. The van der Waals surface area contributed by atoms with Gasteiger partial charge in [-0.05, 0) is 36.8 Å². The van der Waals surface area contributed by atoms with Gasteiger partial charge in [-0.25, -0.2) is 4.68 Å². The quantitative estimate of drug-likeness (QED) is 0.810. The summed E-state index contributed by atoms with van der Waals surface area (Å²) < 4.78 is 3.08. The molecule has 1 heterocycles. The molecule has 0 bridgehead atoms. The Hall–Kier alpha value is -1.01. The third kappa shape index (κ3) is 1.62. The van der Waals surface area contributed by atoms with Gasteiger partial charge < -0.3 is 0 Å². The van der Waals surface area contributed by atoms with Crippen LogP contribution in [0.1, 0.15) is 5.56 Å². The molecule has 1 aromatic carbocycles. The van der Waals surface area contributed by atoms with Crippen LogP contribution in [0, 0.1) is 11.7 Å². The number of rotatable bonds is 1. The van der Waals surface area contributed by atoms with Crippen LogP contribution in [0.2, 0.25) is 0 Å². The molecule has 1 N–H and O–H groups in total. The van der Waals surface area contributed by atoms with Gasteiger partial charge in [-0.15, -0.1) is 0 Å². The molecule has 0 saturated carbocycles. The third-order valence-corrected chi connectivity index (χ3v) is 2.64. The van der Waals surface area contributed by atoms with Crippen molar-refractivity contribution < 1.29 is 0 Å². The molecule has 0 amide bonds. The van der Waals surface area contributed by atoms with Crippen molar-refractivity contribution in [1.29, 1.82) is 0 Å². The normalized spacial score (nSPS) is 10.4. The van der Waals surface area contributed by atoms with E-state index in [0.29, 0.717) is 4.77 Å². The fourth-order valence-electron chi connectivity index (χ4n) is 1.18. The average Bonchev–Trinajstić information content (AvgIpc) is 2.56. The zero-order valence-corrected chi connectivity index (χ0v) is 9.76. The summed E-state index contributed by atoms with van der Waals surface area (Å²) in [5.74, 6) is 0. The summed E-state index contributed by atoms with van der Waals surface area (Å²) >= 11 is 8.42. The number of benzene rings is 1. The molecule has 14 heavy (non-hydrogen) atoms. The molecule has 0 aliphatic heterocycles. The Morgan fingerprint density at radius 3 is 2.93 bits per heavy atom. The van der Waals surface area contributed by atoms with Crippen LogP contribution in [0.15, 0.2) is 22.7 Å². The molecule has 0 fully saturated rings. The number of hydrogen-bond acceptors (Lipinski definition) is 3. The molecular weight excluding hydrogens is 264 g/mol. The fourth-order valence-corrected chi connectivity index (χ4v) is 1.71. The molecule has 6 heteroatoms. The van der Waals surface area contributed by atoms with Gasteiger partial charge >= 0.3 is 0 Å². The highest BCUT2D eigenvalue weighted by molar-refractivity contribution is 9.10. The number of aromatic amines is 1. The molecular formula is C8H7BrN4S. The van der Waals surface area contributed by atoms with Gasteiger partial charge in [0, 0.05) is 4.47 Å². The van der Waals surface area contributed by atoms with Gasteiger partial charge in [0.2, 0.25) is 4.77 Å². The zero-order chi connectivity index (χ0) is 10.1. The minimum Gasteiger partial charge on any atom is -0.209 e. The van der Waals surface area contributed by atoms with Gasteiger partial charge in [-0.3, -0.25) is 0 Å². The smallest absolute Gasteiger partial charge is 0.209 e.